The van der Waals surface area contributed by atoms with Crippen LogP contribution in [0.3, 0.4) is 0 Å². The molecule has 38 heavy (non-hydrogen) atoms. The molecule has 4 aromatic rings. The first kappa shape index (κ1) is 27.8. The summed E-state index contributed by atoms with van der Waals surface area (Å²) in [5, 5.41) is 4.97. The molecule has 0 unspecified atom stereocenters. The first-order chi connectivity index (χ1) is 18.0. The van der Waals surface area contributed by atoms with Gasteiger partial charge in [0.15, 0.2) is 8.32 Å². The Bertz CT molecular complexity index is 1270. The van der Waals surface area contributed by atoms with Gasteiger partial charge >= 0.3 is 7.25 Å². The van der Waals surface area contributed by atoms with Crippen molar-refractivity contribution in [2.24, 2.45) is 0 Å². The number of rotatable bonds is 7. The van der Waals surface area contributed by atoms with E-state index in [0.717, 1.165) is 25.2 Å². The van der Waals surface area contributed by atoms with Crippen LogP contribution in [0.5, 0.6) is 0 Å². The van der Waals surface area contributed by atoms with Crippen LogP contribution < -0.4 is 4.57 Å². The van der Waals surface area contributed by atoms with Crippen molar-refractivity contribution in [1.29, 1.82) is 0 Å². The molecule has 0 aliphatic carbocycles. The third-order valence-electron chi connectivity index (χ3n) is 6.31. The Morgan fingerprint density at radius 3 is 1.82 bits per heavy atom. The van der Waals surface area contributed by atoms with Gasteiger partial charge in [-0.05, 0) is 42.8 Å². The third kappa shape index (κ3) is 6.79. The van der Waals surface area contributed by atoms with E-state index >= 15 is 0 Å². The van der Waals surface area contributed by atoms with Crippen LogP contribution in [0.1, 0.15) is 35.0 Å². The molecule has 0 bridgehead atoms. The molecule has 1 aromatic heterocycles. The summed E-state index contributed by atoms with van der Waals surface area (Å²) in [7, 11) is -7.94. The number of hydrogen-bond donors (Lipinski definition) is 0. The monoisotopic (exact) mass is 541 g/mol. The van der Waals surface area contributed by atoms with E-state index in [0.29, 0.717) is 0 Å². The van der Waals surface area contributed by atoms with Gasteiger partial charge in [-0.15, -0.1) is 4.68 Å². The average molecular weight is 541 g/mol. The molecule has 0 spiro atoms. The van der Waals surface area contributed by atoms with Crippen LogP contribution in [0, 0.1) is 0 Å². The van der Waals surface area contributed by atoms with E-state index in [-0.39, 0.29) is 6.04 Å². The predicted molar refractivity (Wildman–Crippen MR) is 144 cm³/mol. The molecule has 10 heteroatoms. The van der Waals surface area contributed by atoms with Crippen LogP contribution in [-0.4, -0.2) is 25.4 Å². The molecule has 0 fully saturated rings. The van der Waals surface area contributed by atoms with Gasteiger partial charge in [-0.2, -0.15) is 0 Å². The minimum Gasteiger partial charge on any atom is -0.418 e. The lowest BCUT2D eigenvalue weighted by atomic mass is 9.79. The summed E-state index contributed by atoms with van der Waals surface area (Å²) in [5.74, 6) is 1.13. The van der Waals surface area contributed by atoms with Gasteiger partial charge in [-0.1, -0.05) is 91.0 Å². The molecule has 0 saturated carbocycles. The fraction of sp³-hybridized carbons (Fsp3) is 0.286. The molecule has 2 heterocycles. The van der Waals surface area contributed by atoms with Crippen LogP contribution in [0.25, 0.3) is 0 Å². The maximum Gasteiger partial charge on any atom is 0.673 e. The lowest BCUT2D eigenvalue weighted by molar-refractivity contribution is -0.730. The van der Waals surface area contributed by atoms with Gasteiger partial charge in [-0.25, -0.2) is 4.57 Å². The Labute approximate surface area is 222 Å². The largest absolute Gasteiger partial charge is 0.673 e. The van der Waals surface area contributed by atoms with Crippen LogP contribution >= 0.6 is 0 Å². The highest BCUT2D eigenvalue weighted by Crippen LogP contribution is 2.46. The van der Waals surface area contributed by atoms with Gasteiger partial charge in [0, 0.05) is 11.5 Å². The first-order valence-electron chi connectivity index (χ1n) is 12.7. The number of aromatic nitrogens is 3. The Hall–Kier alpha value is -3.24. The molecular weight excluding hydrogens is 509 g/mol. The van der Waals surface area contributed by atoms with Crippen LogP contribution in [0.2, 0.25) is 19.6 Å². The summed E-state index contributed by atoms with van der Waals surface area (Å²) in [6, 6.07) is 32.2. The normalized spacial score (nSPS) is 15.5. The predicted octanol–water partition coefficient (Wildman–Crippen LogP) is 6.80. The Kier molecular flexibility index (Phi) is 8.22. The molecule has 1 aliphatic rings. The Balaban J connectivity index is 0.000000617. The summed E-state index contributed by atoms with van der Waals surface area (Å²) in [6.45, 7) is 7.62. The summed E-state index contributed by atoms with van der Waals surface area (Å²) in [5.41, 5.74) is 3.11. The zero-order valence-electron chi connectivity index (χ0n) is 21.8. The smallest absolute Gasteiger partial charge is 0.418 e. The van der Waals surface area contributed by atoms with Crippen LogP contribution in [0.15, 0.2) is 97.3 Å². The highest BCUT2D eigenvalue weighted by Gasteiger charge is 2.52. The van der Waals surface area contributed by atoms with Crippen molar-refractivity contribution in [1.82, 2.24) is 9.78 Å². The Morgan fingerprint density at radius 2 is 1.34 bits per heavy atom. The summed E-state index contributed by atoms with van der Waals surface area (Å²) in [6.07, 6.45) is 4.14. The number of fused-ring (bicyclic) bond motifs is 1. The fourth-order valence-electron chi connectivity index (χ4n) is 5.12. The molecule has 1 aliphatic heterocycles. The topological polar surface area (TPSA) is 30.9 Å². The van der Waals surface area contributed by atoms with Gasteiger partial charge < -0.3 is 21.7 Å². The molecule has 5 rings (SSSR count). The second kappa shape index (κ2) is 11.2. The quantitative estimate of drug-likeness (QED) is 0.146. The maximum absolute atomic E-state index is 9.75. The van der Waals surface area contributed by atoms with E-state index in [2.05, 4.69) is 126 Å². The van der Waals surface area contributed by atoms with E-state index < -0.39 is 21.2 Å². The summed E-state index contributed by atoms with van der Waals surface area (Å²) < 4.78 is 50.7. The number of halogens is 4. The van der Waals surface area contributed by atoms with Gasteiger partial charge in [0.2, 0.25) is 6.33 Å². The minimum absolute atomic E-state index is 0.133. The number of aryl methyl sites for hydroxylation is 1. The van der Waals surface area contributed by atoms with Crippen molar-refractivity contribution in [2.45, 2.75) is 50.7 Å². The van der Waals surface area contributed by atoms with Crippen molar-refractivity contribution in [3.8, 4) is 0 Å². The molecule has 4 nitrogen and oxygen atoms in total. The van der Waals surface area contributed by atoms with Crippen molar-refractivity contribution in [3.05, 3.63) is 120 Å². The molecule has 0 amide bonds. The lowest BCUT2D eigenvalue weighted by Crippen LogP contribution is -2.54. The lowest BCUT2D eigenvalue weighted by Gasteiger charge is -2.43. The summed E-state index contributed by atoms with van der Waals surface area (Å²) >= 11 is 0. The van der Waals surface area contributed by atoms with Crippen LogP contribution in [0.4, 0.5) is 17.3 Å². The van der Waals surface area contributed by atoms with E-state index in [1.54, 1.807) is 0 Å². The molecular formula is C28H32BF4N3OSi. The molecule has 0 radical (unpaired) electrons. The zero-order chi connectivity index (χ0) is 27.4. The van der Waals surface area contributed by atoms with E-state index in [4.69, 9.17) is 9.52 Å². The van der Waals surface area contributed by atoms with Crippen molar-refractivity contribution >= 4 is 15.6 Å². The second-order valence-corrected chi connectivity index (χ2v) is 14.8. The van der Waals surface area contributed by atoms with Gasteiger partial charge in [-0.3, -0.25) is 0 Å². The second-order valence-electron chi connectivity index (χ2n) is 10.4. The highest BCUT2D eigenvalue weighted by molar-refractivity contribution is 6.69. The standard InChI is InChI=1S/C28H32N3OSi.BF4/c1-33(2,3)32-28(24-15-9-5-10-16-24,25-17-11-6-12-18-25)26-19-20-27-29-30(22-31(26)27)21-23-13-7-4-8-14-23;2-1(3,4)5/h4-18,22,26H,19-21H2,1-3H3;/q+1;-1/t26-;/m0./s1. The summed E-state index contributed by atoms with van der Waals surface area (Å²) in [4.78, 5) is 0. The fourth-order valence-corrected chi connectivity index (χ4v) is 6.46. The third-order valence-corrected chi connectivity index (χ3v) is 7.24. The molecule has 1 atom stereocenters. The molecule has 0 N–H and O–H groups in total. The van der Waals surface area contributed by atoms with Crippen molar-refractivity contribution in [3.63, 3.8) is 0 Å². The van der Waals surface area contributed by atoms with E-state index in [1.165, 1.54) is 16.7 Å². The molecule has 3 aromatic carbocycles. The minimum atomic E-state index is -6.00. The van der Waals surface area contributed by atoms with Gasteiger partial charge in [0.25, 0.3) is 5.82 Å². The molecule has 0 saturated heterocycles. The molecule has 200 valence electrons. The van der Waals surface area contributed by atoms with Crippen LogP contribution in [-0.2, 0) is 23.0 Å². The zero-order valence-corrected chi connectivity index (χ0v) is 22.8. The van der Waals surface area contributed by atoms with E-state index in [9.17, 15) is 17.3 Å². The number of benzene rings is 3. The van der Waals surface area contributed by atoms with E-state index in [1.807, 2.05) is 0 Å². The Morgan fingerprint density at radius 1 is 0.868 bits per heavy atom. The SMILES string of the molecule is C[Si](C)(C)OC(c1ccccc1)(c1ccccc1)[C@@H]1CCc2nn(Cc3ccccc3)c[n+]21.F[B-](F)(F)F. The number of hydrogen-bond acceptors (Lipinski definition) is 2. The average Bonchev–Trinajstić information content (AvgIpc) is 3.43. The highest BCUT2D eigenvalue weighted by atomic mass is 28.4. The maximum atomic E-state index is 9.75. The van der Waals surface area contributed by atoms with Crippen molar-refractivity contribution in [2.75, 3.05) is 0 Å². The number of nitrogens with zero attached hydrogens (tertiary/aromatic N) is 3. The van der Waals surface area contributed by atoms with Crippen molar-refractivity contribution < 1.29 is 26.3 Å². The van der Waals surface area contributed by atoms with Gasteiger partial charge in [0.1, 0.15) is 18.2 Å². The first-order valence-corrected chi connectivity index (χ1v) is 16.1. The van der Waals surface area contributed by atoms with Gasteiger partial charge in [0.05, 0.1) is 0 Å².